The van der Waals surface area contributed by atoms with Crippen LogP contribution in [-0.4, -0.2) is 24.1 Å². The second-order valence-corrected chi connectivity index (χ2v) is 5.30. The third kappa shape index (κ3) is 3.32. The molecular formula is C15H17BrFN3O. The lowest BCUT2D eigenvalue weighted by atomic mass is 10.1. The number of nitrogens with one attached hydrogen (secondary N) is 1. The summed E-state index contributed by atoms with van der Waals surface area (Å²) in [5.74, 6) is 0.968. The van der Waals surface area contributed by atoms with Crippen molar-refractivity contribution in [3.8, 4) is 17.1 Å². The van der Waals surface area contributed by atoms with Gasteiger partial charge in [0, 0.05) is 12.6 Å². The number of halogens is 2. The normalized spacial score (nSPS) is 10.5. The number of methoxy groups -OCH3 is 1. The molecule has 2 rings (SSSR count). The highest BCUT2D eigenvalue weighted by Gasteiger charge is 2.13. The Morgan fingerprint density at radius 2 is 2.10 bits per heavy atom. The molecule has 0 aliphatic heterocycles. The van der Waals surface area contributed by atoms with Crippen LogP contribution in [0, 0.1) is 5.82 Å². The molecule has 0 aliphatic carbocycles. The van der Waals surface area contributed by atoms with E-state index in [0.717, 1.165) is 23.0 Å². The van der Waals surface area contributed by atoms with Gasteiger partial charge in [-0.15, -0.1) is 0 Å². The smallest absolute Gasteiger partial charge is 0.165 e. The fourth-order valence-corrected chi connectivity index (χ4v) is 2.57. The first-order chi connectivity index (χ1) is 10.1. The van der Waals surface area contributed by atoms with Gasteiger partial charge in [0.15, 0.2) is 17.4 Å². The minimum atomic E-state index is -0.426. The van der Waals surface area contributed by atoms with Crippen molar-refractivity contribution in [3.63, 3.8) is 0 Å². The number of rotatable bonds is 5. The Kier molecular flexibility index (Phi) is 5.12. The molecule has 112 valence electrons. The molecule has 6 heteroatoms. The maximum atomic E-state index is 13.8. The summed E-state index contributed by atoms with van der Waals surface area (Å²) < 4.78 is 19.6. The largest absolute Gasteiger partial charge is 0.494 e. The summed E-state index contributed by atoms with van der Waals surface area (Å²) in [4.78, 5) is 8.96. The van der Waals surface area contributed by atoms with Crippen LogP contribution in [-0.2, 0) is 6.42 Å². The number of aryl methyl sites for hydroxylation is 1. The van der Waals surface area contributed by atoms with E-state index in [2.05, 4.69) is 38.1 Å². The molecule has 0 atom stereocenters. The SMILES string of the molecule is CCCc1nc(-c2ccc(OC)c(F)c2)nc(NC)c1Br. The van der Waals surface area contributed by atoms with E-state index in [4.69, 9.17) is 4.74 Å². The van der Waals surface area contributed by atoms with Crippen molar-refractivity contribution in [2.45, 2.75) is 19.8 Å². The standard InChI is InChI=1S/C15H17BrFN3O/c1-4-5-11-13(16)15(18-2)20-14(19-11)9-6-7-12(21-3)10(17)8-9/h6-8H,4-5H2,1-3H3,(H,18,19,20). The summed E-state index contributed by atoms with van der Waals surface area (Å²) in [6.45, 7) is 2.08. The van der Waals surface area contributed by atoms with Crippen LogP contribution in [0.4, 0.5) is 10.2 Å². The van der Waals surface area contributed by atoms with E-state index >= 15 is 0 Å². The quantitative estimate of drug-likeness (QED) is 0.880. The lowest BCUT2D eigenvalue weighted by molar-refractivity contribution is 0.386. The van der Waals surface area contributed by atoms with E-state index < -0.39 is 5.82 Å². The second kappa shape index (κ2) is 6.85. The molecule has 1 N–H and O–H groups in total. The van der Waals surface area contributed by atoms with Crippen molar-refractivity contribution in [3.05, 3.63) is 34.2 Å². The number of nitrogens with zero attached hydrogens (tertiary/aromatic N) is 2. The molecule has 0 unspecified atom stereocenters. The molecule has 0 bridgehead atoms. The predicted octanol–water partition coefficient (Wildman–Crippen LogP) is 4.05. The Balaban J connectivity index is 2.52. The fourth-order valence-electron chi connectivity index (χ4n) is 2.00. The van der Waals surface area contributed by atoms with E-state index in [1.165, 1.54) is 13.2 Å². The van der Waals surface area contributed by atoms with Crippen LogP contribution in [0.15, 0.2) is 22.7 Å². The van der Waals surface area contributed by atoms with Crippen LogP contribution < -0.4 is 10.1 Å². The number of aromatic nitrogens is 2. The van der Waals surface area contributed by atoms with Crippen molar-refractivity contribution < 1.29 is 9.13 Å². The first-order valence-electron chi connectivity index (χ1n) is 6.68. The van der Waals surface area contributed by atoms with Gasteiger partial charge in [-0.3, -0.25) is 0 Å². The predicted molar refractivity (Wildman–Crippen MR) is 85.2 cm³/mol. The minimum Gasteiger partial charge on any atom is -0.494 e. The van der Waals surface area contributed by atoms with E-state index in [9.17, 15) is 4.39 Å². The number of benzene rings is 1. The highest BCUT2D eigenvalue weighted by Crippen LogP contribution is 2.29. The summed E-state index contributed by atoms with van der Waals surface area (Å²) in [6.07, 6.45) is 1.79. The van der Waals surface area contributed by atoms with Gasteiger partial charge in [-0.1, -0.05) is 13.3 Å². The Hall–Kier alpha value is -1.69. The molecule has 0 radical (unpaired) electrons. The Morgan fingerprint density at radius 1 is 1.33 bits per heavy atom. The van der Waals surface area contributed by atoms with Crippen LogP contribution >= 0.6 is 15.9 Å². The van der Waals surface area contributed by atoms with Crippen LogP contribution in [0.5, 0.6) is 5.75 Å². The number of hydrogen-bond acceptors (Lipinski definition) is 4. The molecule has 0 amide bonds. The number of hydrogen-bond donors (Lipinski definition) is 1. The van der Waals surface area contributed by atoms with Crippen LogP contribution in [0.1, 0.15) is 19.0 Å². The van der Waals surface area contributed by atoms with Gasteiger partial charge in [-0.05, 0) is 40.5 Å². The van der Waals surface area contributed by atoms with Gasteiger partial charge in [-0.2, -0.15) is 0 Å². The zero-order valence-corrected chi connectivity index (χ0v) is 13.8. The highest BCUT2D eigenvalue weighted by atomic mass is 79.9. The third-order valence-electron chi connectivity index (χ3n) is 3.05. The molecule has 0 saturated heterocycles. The Morgan fingerprint density at radius 3 is 2.67 bits per heavy atom. The first kappa shape index (κ1) is 15.7. The van der Waals surface area contributed by atoms with Gasteiger partial charge >= 0.3 is 0 Å². The van der Waals surface area contributed by atoms with Crippen molar-refractivity contribution >= 4 is 21.7 Å². The molecule has 0 spiro atoms. The minimum absolute atomic E-state index is 0.207. The first-order valence-corrected chi connectivity index (χ1v) is 7.48. The van der Waals surface area contributed by atoms with Crippen molar-refractivity contribution in [2.24, 2.45) is 0 Å². The maximum Gasteiger partial charge on any atom is 0.165 e. The topological polar surface area (TPSA) is 47.0 Å². The van der Waals surface area contributed by atoms with E-state index in [0.29, 0.717) is 17.2 Å². The Bertz CT molecular complexity index is 649. The maximum absolute atomic E-state index is 13.8. The summed E-state index contributed by atoms with van der Waals surface area (Å²) in [5.41, 5.74) is 1.53. The molecule has 2 aromatic rings. The van der Waals surface area contributed by atoms with Crippen LogP contribution in [0.2, 0.25) is 0 Å². The van der Waals surface area contributed by atoms with E-state index in [1.54, 1.807) is 19.2 Å². The van der Waals surface area contributed by atoms with Gasteiger partial charge < -0.3 is 10.1 Å². The van der Waals surface area contributed by atoms with Crippen molar-refractivity contribution in [2.75, 3.05) is 19.5 Å². The average molecular weight is 354 g/mol. The summed E-state index contributed by atoms with van der Waals surface area (Å²) in [7, 11) is 3.23. The van der Waals surface area contributed by atoms with E-state index in [-0.39, 0.29) is 5.75 Å². The van der Waals surface area contributed by atoms with Gasteiger partial charge in [0.1, 0.15) is 5.82 Å². The van der Waals surface area contributed by atoms with Gasteiger partial charge in [0.2, 0.25) is 0 Å². The lowest BCUT2D eigenvalue weighted by Crippen LogP contribution is -2.03. The Labute approximate surface area is 131 Å². The molecule has 21 heavy (non-hydrogen) atoms. The molecule has 1 aromatic carbocycles. The van der Waals surface area contributed by atoms with Crippen molar-refractivity contribution in [1.82, 2.24) is 9.97 Å². The molecule has 1 aromatic heterocycles. The molecule has 0 fully saturated rings. The van der Waals surface area contributed by atoms with Crippen LogP contribution in [0.3, 0.4) is 0 Å². The molecule has 1 heterocycles. The third-order valence-corrected chi connectivity index (χ3v) is 3.89. The lowest BCUT2D eigenvalue weighted by Gasteiger charge is -2.11. The van der Waals surface area contributed by atoms with Gasteiger partial charge in [-0.25, -0.2) is 14.4 Å². The summed E-state index contributed by atoms with van der Waals surface area (Å²) in [6, 6.07) is 4.71. The van der Waals surface area contributed by atoms with Gasteiger partial charge in [0.05, 0.1) is 17.3 Å². The molecule has 0 aliphatic rings. The highest BCUT2D eigenvalue weighted by molar-refractivity contribution is 9.10. The van der Waals surface area contributed by atoms with Crippen molar-refractivity contribution in [1.29, 1.82) is 0 Å². The second-order valence-electron chi connectivity index (χ2n) is 4.51. The molecular weight excluding hydrogens is 337 g/mol. The zero-order valence-electron chi connectivity index (χ0n) is 12.2. The van der Waals surface area contributed by atoms with Gasteiger partial charge in [0.25, 0.3) is 0 Å². The average Bonchev–Trinajstić information content (AvgIpc) is 2.49. The molecule has 0 saturated carbocycles. The monoisotopic (exact) mass is 353 g/mol. The van der Waals surface area contributed by atoms with E-state index in [1.807, 2.05) is 0 Å². The summed E-state index contributed by atoms with van der Waals surface area (Å²) in [5, 5.41) is 3.02. The zero-order chi connectivity index (χ0) is 15.4. The van der Waals surface area contributed by atoms with Crippen LogP contribution in [0.25, 0.3) is 11.4 Å². The summed E-state index contributed by atoms with van der Waals surface area (Å²) >= 11 is 3.50. The number of ether oxygens (including phenoxy) is 1. The molecule has 4 nitrogen and oxygen atoms in total. The number of anilines is 1. The fraction of sp³-hybridized carbons (Fsp3) is 0.333.